The van der Waals surface area contributed by atoms with E-state index in [1.165, 1.54) is 48.1 Å². The maximum Gasteiger partial charge on any atom is 0.327 e. The number of piperazine rings is 1. The molecule has 13 nitrogen and oxygen atoms in total. The van der Waals surface area contributed by atoms with Crippen molar-refractivity contribution >= 4 is 34.2 Å². The molecule has 2 aliphatic heterocycles. The first kappa shape index (κ1) is 31.7. The van der Waals surface area contributed by atoms with Gasteiger partial charge in [-0.05, 0) is 68.8 Å². The van der Waals surface area contributed by atoms with Crippen molar-refractivity contribution in [2.45, 2.75) is 31.8 Å². The van der Waals surface area contributed by atoms with Gasteiger partial charge in [-0.25, -0.2) is 18.8 Å². The number of aromatic nitrogens is 3. The number of nitrogens with zero attached hydrogens (tertiary/aromatic N) is 6. The van der Waals surface area contributed by atoms with Crippen molar-refractivity contribution < 1.29 is 23.5 Å². The van der Waals surface area contributed by atoms with Crippen molar-refractivity contribution in [3.63, 3.8) is 0 Å². The van der Waals surface area contributed by atoms with Crippen LogP contribution in [-0.2, 0) is 4.79 Å². The number of hydrogen-bond acceptors (Lipinski definition) is 9. The lowest BCUT2D eigenvalue weighted by molar-refractivity contribution is -0.133. The fourth-order valence-corrected chi connectivity index (χ4v) is 6.11. The molecule has 0 saturated carbocycles. The number of urea groups is 1. The summed E-state index contributed by atoms with van der Waals surface area (Å²) in [6.07, 6.45) is 1.78. The SMILES string of the molecule is COc1ccc(N(C(=O)Nc2ccc(F)cc2)C(C)c2nc3ccccc3c(=O)n2N2CCN(C(=O)[C@@H]3CCCN3)CC2)c(OC)n1. The summed E-state index contributed by atoms with van der Waals surface area (Å²) in [5, 5.41) is 8.38. The average molecular weight is 645 g/mol. The summed E-state index contributed by atoms with van der Waals surface area (Å²) < 4.78 is 26.1. The van der Waals surface area contributed by atoms with E-state index in [4.69, 9.17) is 14.5 Å². The van der Waals surface area contributed by atoms with Gasteiger partial charge in [-0.1, -0.05) is 12.1 Å². The van der Waals surface area contributed by atoms with E-state index in [0.717, 1.165) is 19.4 Å². The van der Waals surface area contributed by atoms with E-state index in [1.807, 2.05) is 9.91 Å². The number of amides is 3. The molecule has 0 radical (unpaired) electrons. The van der Waals surface area contributed by atoms with Gasteiger partial charge in [-0.3, -0.25) is 14.5 Å². The van der Waals surface area contributed by atoms with Gasteiger partial charge >= 0.3 is 6.03 Å². The first-order valence-electron chi connectivity index (χ1n) is 15.5. The normalized spacial score (nSPS) is 17.0. The summed E-state index contributed by atoms with van der Waals surface area (Å²) in [5.74, 6) is 0.298. The predicted molar refractivity (Wildman–Crippen MR) is 175 cm³/mol. The zero-order valence-electron chi connectivity index (χ0n) is 26.5. The lowest BCUT2D eigenvalue weighted by Gasteiger charge is -2.39. The molecule has 1 unspecified atom stereocenters. The molecule has 2 fully saturated rings. The zero-order valence-corrected chi connectivity index (χ0v) is 26.5. The second kappa shape index (κ2) is 13.6. The molecular weight excluding hydrogens is 607 g/mol. The molecule has 2 atom stereocenters. The van der Waals surface area contributed by atoms with Gasteiger partial charge in [0, 0.05) is 24.8 Å². The van der Waals surface area contributed by atoms with E-state index in [0.29, 0.717) is 42.8 Å². The number of carbonyl (C=O) groups is 2. The molecular formula is C33H37FN8O5. The van der Waals surface area contributed by atoms with Crippen LogP contribution in [0.4, 0.5) is 20.6 Å². The quantitative estimate of drug-likeness (QED) is 0.297. The predicted octanol–water partition coefficient (Wildman–Crippen LogP) is 3.28. The fraction of sp³-hybridized carbons (Fsp3) is 0.364. The van der Waals surface area contributed by atoms with E-state index in [9.17, 15) is 18.8 Å². The number of rotatable bonds is 8. The van der Waals surface area contributed by atoms with Gasteiger partial charge in [0.05, 0.1) is 50.3 Å². The molecule has 0 bridgehead atoms. The van der Waals surface area contributed by atoms with Crippen LogP contribution in [-0.4, -0.2) is 84.5 Å². The van der Waals surface area contributed by atoms with E-state index in [2.05, 4.69) is 15.6 Å². The summed E-state index contributed by atoms with van der Waals surface area (Å²) in [4.78, 5) is 54.0. The number of hydrogen-bond donors (Lipinski definition) is 2. The van der Waals surface area contributed by atoms with Gasteiger partial charge < -0.3 is 30.0 Å². The summed E-state index contributed by atoms with van der Waals surface area (Å²) >= 11 is 0. The largest absolute Gasteiger partial charge is 0.481 e. The molecule has 2 N–H and O–H groups in total. The van der Waals surface area contributed by atoms with Crippen LogP contribution in [0.1, 0.15) is 31.6 Å². The molecule has 47 heavy (non-hydrogen) atoms. The summed E-state index contributed by atoms with van der Waals surface area (Å²) in [6.45, 7) is 4.20. The third-order valence-electron chi connectivity index (χ3n) is 8.54. The first-order chi connectivity index (χ1) is 22.8. The van der Waals surface area contributed by atoms with Crippen molar-refractivity contribution in [1.29, 1.82) is 0 Å². The third-order valence-corrected chi connectivity index (χ3v) is 8.54. The molecule has 4 aromatic rings. The Kier molecular flexibility index (Phi) is 9.20. The highest BCUT2D eigenvalue weighted by Gasteiger charge is 2.34. The average Bonchev–Trinajstić information content (AvgIpc) is 3.64. The van der Waals surface area contributed by atoms with E-state index >= 15 is 0 Å². The topological polar surface area (TPSA) is 134 Å². The number of benzene rings is 2. The maximum atomic E-state index is 14.2. The third kappa shape index (κ3) is 6.41. The Labute approximate surface area is 270 Å². The van der Waals surface area contributed by atoms with Gasteiger partial charge in [-0.15, -0.1) is 0 Å². The number of pyridine rings is 1. The van der Waals surface area contributed by atoms with E-state index in [1.54, 1.807) is 43.3 Å². The lowest BCUT2D eigenvalue weighted by Crippen LogP contribution is -2.58. The van der Waals surface area contributed by atoms with Crippen LogP contribution in [0.15, 0.2) is 65.5 Å². The van der Waals surface area contributed by atoms with Crippen LogP contribution in [0.2, 0.25) is 0 Å². The van der Waals surface area contributed by atoms with Gasteiger partial charge in [-0.2, -0.15) is 4.98 Å². The molecule has 0 aliphatic carbocycles. The van der Waals surface area contributed by atoms with Crippen LogP contribution >= 0.6 is 0 Å². The summed E-state index contributed by atoms with van der Waals surface area (Å²) in [6, 6.07) is 14.0. The molecule has 0 spiro atoms. The van der Waals surface area contributed by atoms with Crippen molar-refractivity contribution in [1.82, 2.24) is 24.9 Å². The Morgan fingerprint density at radius 1 is 1.00 bits per heavy atom. The lowest BCUT2D eigenvalue weighted by atomic mass is 10.2. The van der Waals surface area contributed by atoms with Crippen molar-refractivity contribution in [2.75, 3.05) is 62.2 Å². The van der Waals surface area contributed by atoms with E-state index < -0.39 is 17.9 Å². The van der Waals surface area contributed by atoms with Crippen molar-refractivity contribution in [3.05, 3.63) is 82.7 Å². The molecule has 14 heteroatoms. The number of carbonyl (C=O) groups excluding carboxylic acids is 2. The Balaban J connectivity index is 1.42. The van der Waals surface area contributed by atoms with Crippen LogP contribution in [0, 0.1) is 5.82 Å². The van der Waals surface area contributed by atoms with Crippen molar-refractivity contribution in [2.24, 2.45) is 0 Å². The molecule has 4 heterocycles. The van der Waals surface area contributed by atoms with Crippen LogP contribution in [0.25, 0.3) is 10.9 Å². The Morgan fingerprint density at radius 2 is 1.74 bits per heavy atom. The van der Waals surface area contributed by atoms with Gasteiger partial charge in [0.25, 0.3) is 5.56 Å². The maximum absolute atomic E-state index is 14.2. The molecule has 2 aromatic heterocycles. The minimum atomic E-state index is -0.862. The summed E-state index contributed by atoms with van der Waals surface area (Å²) in [7, 11) is 2.90. The highest BCUT2D eigenvalue weighted by molar-refractivity contribution is 6.03. The molecule has 6 rings (SSSR count). The second-order valence-corrected chi connectivity index (χ2v) is 11.4. The second-order valence-electron chi connectivity index (χ2n) is 11.4. The number of nitrogens with one attached hydrogen (secondary N) is 2. The van der Waals surface area contributed by atoms with Gasteiger partial charge in [0.15, 0.2) is 5.82 Å². The van der Waals surface area contributed by atoms with Gasteiger partial charge in [0.2, 0.25) is 17.7 Å². The number of fused-ring (bicyclic) bond motifs is 1. The monoisotopic (exact) mass is 644 g/mol. The van der Waals surface area contributed by atoms with Crippen molar-refractivity contribution in [3.8, 4) is 11.8 Å². The summed E-state index contributed by atoms with van der Waals surface area (Å²) in [5.41, 5.74) is 0.813. The number of methoxy groups -OCH3 is 2. The number of para-hydroxylation sites is 1. The van der Waals surface area contributed by atoms with E-state index in [-0.39, 0.29) is 40.8 Å². The van der Waals surface area contributed by atoms with Crippen LogP contribution in [0.5, 0.6) is 11.8 Å². The molecule has 2 saturated heterocycles. The zero-order chi connectivity index (χ0) is 33.1. The fourth-order valence-electron chi connectivity index (χ4n) is 6.11. The number of ether oxygens (including phenoxy) is 2. The number of anilines is 2. The Hall–Kier alpha value is -5.24. The number of halogens is 1. The molecule has 2 aliphatic rings. The molecule has 246 valence electrons. The highest BCUT2D eigenvalue weighted by atomic mass is 19.1. The Bertz CT molecular complexity index is 1820. The highest BCUT2D eigenvalue weighted by Crippen LogP contribution is 2.35. The minimum absolute atomic E-state index is 0.0717. The van der Waals surface area contributed by atoms with Crippen LogP contribution in [0.3, 0.4) is 0 Å². The molecule has 3 amide bonds. The van der Waals surface area contributed by atoms with Gasteiger partial charge in [0.1, 0.15) is 11.5 Å². The Morgan fingerprint density at radius 3 is 2.43 bits per heavy atom. The standard InChI is InChI=1S/C33H37FN8O5/c1-21(41(27-14-15-28(46-2)38-30(27)47-3)33(45)36-23-12-10-22(34)11-13-23)29-37-25-8-5-4-7-24(25)31(43)42(29)40-19-17-39(18-20-40)32(44)26-9-6-16-35-26/h4-5,7-8,10-15,21,26,35H,6,9,16-20H2,1-3H3,(H,36,45)/t21?,26-/m0/s1. The first-order valence-corrected chi connectivity index (χ1v) is 15.5. The molecule has 2 aromatic carbocycles. The minimum Gasteiger partial charge on any atom is -0.481 e. The smallest absolute Gasteiger partial charge is 0.327 e. The van der Waals surface area contributed by atoms with Crippen LogP contribution < -0.4 is 35.6 Å².